The van der Waals surface area contributed by atoms with Crippen molar-refractivity contribution in [2.45, 2.75) is 13.0 Å². The lowest BCUT2D eigenvalue weighted by atomic mass is 10.0. The van der Waals surface area contributed by atoms with Crippen LogP contribution in [-0.2, 0) is 0 Å². The molecule has 2 heteroatoms. The number of fused-ring (bicyclic) bond motifs is 1. The Bertz CT molecular complexity index is 668. The fraction of sp³-hybridized carbons (Fsp3) is 0.125. The average Bonchev–Trinajstić information content (AvgIpc) is 2.79. The number of rotatable bonds is 2. The predicted octanol–water partition coefficient (Wildman–Crippen LogP) is 3.89. The fourth-order valence-electron chi connectivity index (χ4n) is 2.43. The van der Waals surface area contributed by atoms with Gasteiger partial charge in [0.1, 0.15) is 0 Å². The highest BCUT2D eigenvalue weighted by molar-refractivity contribution is 5.91. The van der Waals surface area contributed by atoms with E-state index in [-0.39, 0.29) is 0 Å². The Balaban J connectivity index is 2.32. The van der Waals surface area contributed by atoms with Gasteiger partial charge in [-0.3, -0.25) is 0 Å². The quantitative estimate of drug-likeness (QED) is 0.697. The fourth-order valence-corrected chi connectivity index (χ4v) is 2.43. The van der Waals surface area contributed by atoms with Crippen molar-refractivity contribution < 1.29 is 5.11 Å². The first-order valence-electron chi connectivity index (χ1n) is 6.11. The minimum absolute atomic E-state index is 0.489. The summed E-state index contributed by atoms with van der Waals surface area (Å²) in [6, 6.07) is 18.2. The molecule has 18 heavy (non-hydrogen) atoms. The number of H-pyrrole nitrogens is 1. The van der Waals surface area contributed by atoms with Crippen LogP contribution in [0, 0.1) is 0 Å². The maximum atomic E-state index is 10.0. The van der Waals surface area contributed by atoms with Gasteiger partial charge in [0, 0.05) is 16.5 Å². The van der Waals surface area contributed by atoms with Crippen molar-refractivity contribution >= 4 is 10.9 Å². The van der Waals surface area contributed by atoms with Gasteiger partial charge < -0.3 is 10.1 Å². The van der Waals surface area contributed by atoms with E-state index in [4.69, 9.17) is 0 Å². The molecule has 90 valence electrons. The molecule has 0 aliphatic heterocycles. The maximum absolute atomic E-state index is 10.0. The molecule has 2 N–H and O–H groups in total. The molecule has 0 saturated heterocycles. The zero-order chi connectivity index (χ0) is 12.5. The van der Waals surface area contributed by atoms with Crippen LogP contribution in [-0.4, -0.2) is 10.1 Å². The molecule has 1 unspecified atom stereocenters. The number of aliphatic hydroxyl groups excluding tert-OH is 1. The van der Waals surface area contributed by atoms with Crippen molar-refractivity contribution in [1.29, 1.82) is 0 Å². The molecule has 3 aromatic rings. The van der Waals surface area contributed by atoms with Gasteiger partial charge >= 0.3 is 0 Å². The summed E-state index contributed by atoms with van der Waals surface area (Å²) in [4.78, 5) is 3.40. The largest absolute Gasteiger partial charge is 0.389 e. The van der Waals surface area contributed by atoms with Gasteiger partial charge in [-0.1, -0.05) is 48.5 Å². The average molecular weight is 237 g/mol. The lowest BCUT2D eigenvalue weighted by Gasteiger charge is -2.07. The van der Waals surface area contributed by atoms with Crippen LogP contribution in [0.25, 0.3) is 22.2 Å². The van der Waals surface area contributed by atoms with Crippen LogP contribution in [0.2, 0.25) is 0 Å². The van der Waals surface area contributed by atoms with E-state index in [2.05, 4.69) is 17.1 Å². The summed E-state index contributed by atoms with van der Waals surface area (Å²) in [6.45, 7) is 1.81. The molecular weight excluding hydrogens is 222 g/mol. The summed E-state index contributed by atoms with van der Waals surface area (Å²) in [5.41, 5.74) is 4.14. The van der Waals surface area contributed by atoms with E-state index in [0.29, 0.717) is 0 Å². The molecular formula is C16H15NO. The molecule has 0 bridgehead atoms. The van der Waals surface area contributed by atoms with Crippen LogP contribution in [0.5, 0.6) is 0 Å². The van der Waals surface area contributed by atoms with Gasteiger partial charge in [0.05, 0.1) is 11.8 Å². The molecule has 1 heterocycles. The number of aliphatic hydroxyl groups is 1. The van der Waals surface area contributed by atoms with E-state index in [0.717, 1.165) is 27.7 Å². The second kappa shape index (κ2) is 4.31. The first-order valence-corrected chi connectivity index (χ1v) is 6.11. The Labute approximate surface area is 106 Å². The van der Waals surface area contributed by atoms with E-state index in [1.807, 2.05) is 49.4 Å². The number of para-hydroxylation sites is 1. The number of nitrogens with one attached hydrogen (secondary N) is 1. The van der Waals surface area contributed by atoms with Gasteiger partial charge in [0.25, 0.3) is 0 Å². The normalized spacial score (nSPS) is 12.8. The van der Waals surface area contributed by atoms with E-state index < -0.39 is 6.10 Å². The maximum Gasteiger partial charge on any atom is 0.0788 e. The Morgan fingerprint density at radius 2 is 1.61 bits per heavy atom. The van der Waals surface area contributed by atoms with Gasteiger partial charge in [-0.25, -0.2) is 0 Å². The lowest BCUT2D eigenvalue weighted by Crippen LogP contribution is -1.92. The lowest BCUT2D eigenvalue weighted by molar-refractivity contribution is 0.201. The van der Waals surface area contributed by atoms with Gasteiger partial charge in [0.15, 0.2) is 0 Å². The molecule has 0 aliphatic rings. The molecule has 0 fully saturated rings. The molecule has 0 aliphatic carbocycles. The van der Waals surface area contributed by atoms with Gasteiger partial charge in [-0.2, -0.15) is 0 Å². The number of aromatic amines is 1. The Hall–Kier alpha value is -2.06. The summed E-state index contributed by atoms with van der Waals surface area (Å²) in [7, 11) is 0. The van der Waals surface area contributed by atoms with Crippen LogP contribution < -0.4 is 0 Å². The molecule has 3 rings (SSSR count). The number of benzene rings is 2. The number of hydrogen-bond acceptors (Lipinski definition) is 1. The molecule has 2 aromatic carbocycles. The predicted molar refractivity (Wildman–Crippen MR) is 74.4 cm³/mol. The smallest absolute Gasteiger partial charge is 0.0788 e. The summed E-state index contributed by atoms with van der Waals surface area (Å²) >= 11 is 0. The van der Waals surface area contributed by atoms with E-state index in [9.17, 15) is 5.11 Å². The molecule has 0 radical (unpaired) electrons. The number of hydrogen-bond donors (Lipinski definition) is 2. The van der Waals surface area contributed by atoms with Crippen molar-refractivity contribution in [3.05, 3.63) is 60.2 Å². The highest BCUT2D eigenvalue weighted by Crippen LogP contribution is 2.34. The number of aromatic nitrogens is 1. The Morgan fingerprint density at radius 3 is 2.33 bits per heavy atom. The van der Waals surface area contributed by atoms with Gasteiger partial charge in [-0.15, -0.1) is 0 Å². The van der Waals surface area contributed by atoms with Gasteiger partial charge in [-0.05, 0) is 18.6 Å². The third-order valence-electron chi connectivity index (χ3n) is 3.23. The van der Waals surface area contributed by atoms with Crippen LogP contribution in [0.3, 0.4) is 0 Å². The highest BCUT2D eigenvalue weighted by atomic mass is 16.3. The van der Waals surface area contributed by atoms with E-state index in [1.54, 1.807) is 0 Å². The molecule has 1 aromatic heterocycles. The second-order valence-electron chi connectivity index (χ2n) is 4.50. The first-order chi connectivity index (χ1) is 8.77. The van der Waals surface area contributed by atoms with E-state index >= 15 is 0 Å². The standard InChI is InChI=1S/C16H15NO/c1-11(18)15-13-9-5-6-10-14(13)17-16(15)12-7-3-2-4-8-12/h2-11,17-18H,1H3. The van der Waals surface area contributed by atoms with Crippen molar-refractivity contribution in [3.8, 4) is 11.3 Å². The van der Waals surface area contributed by atoms with Gasteiger partial charge in [0.2, 0.25) is 0 Å². The van der Waals surface area contributed by atoms with Crippen LogP contribution >= 0.6 is 0 Å². The first kappa shape index (κ1) is 11.1. The van der Waals surface area contributed by atoms with E-state index in [1.165, 1.54) is 0 Å². The SMILES string of the molecule is CC(O)c1c(-c2ccccc2)[nH]c2ccccc12. The summed E-state index contributed by atoms with van der Waals surface area (Å²) < 4.78 is 0. The third kappa shape index (κ3) is 1.71. The summed E-state index contributed by atoms with van der Waals surface area (Å²) in [5.74, 6) is 0. The molecule has 0 amide bonds. The van der Waals surface area contributed by atoms with Crippen molar-refractivity contribution in [1.82, 2.24) is 4.98 Å². The molecule has 2 nitrogen and oxygen atoms in total. The Kier molecular flexibility index (Phi) is 2.65. The van der Waals surface area contributed by atoms with Crippen molar-refractivity contribution in [3.63, 3.8) is 0 Å². The zero-order valence-electron chi connectivity index (χ0n) is 10.2. The third-order valence-corrected chi connectivity index (χ3v) is 3.23. The summed E-state index contributed by atoms with van der Waals surface area (Å²) in [6.07, 6.45) is -0.489. The molecule has 1 atom stereocenters. The minimum Gasteiger partial charge on any atom is -0.389 e. The minimum atomic E-state index is -0.489. The van der Waals surface area contributed by atoms with Crippen LogP contribution in [0.4, 0.5) is 0 Å². The van der Waals surface area contributed by atoms with Crippen LogP contribution in [0.15, 0.2) is 54.6 Å². The Morgan fingerprint density at radius 1 is 0.944 bits per heavy atom. The topological polar surface area (TPSA) is 36.0 Å². The van der Waals surface area contributed by atoms with Crippen molar-refractivity contribution in [2.75, 3.05) is 0 Å². The molecule has 0 spiro atoms. The second-order valence-corrected chi connectivity index (χ2v) is 4.50. The van der Waals surface area contributed by atoms with Crippen molar-refractivity contribution in [2.24, 2.45) is 0 Å². The highest BCUT2D eigenvalue weighted by Gasteiger charge is 2.16. The monoisotopic (exact) mass is 237 g/mol. The van der Waals surface area contributed by atoms with Crippen LogP contribution in [0.1, 0.15) is 18.6 Å². The molecule has 0 saturated carbocycles. The zero-order valence-corrected chi connectivity index (χ0v) is 10.2. The summed E-state index contributed by atoms with van der Waals surface area (Å²) in [5, 5.41) is 11.1.